The number of rotatable bonds is 2. The van der Waals surface area contributed by atoms with E-state index >= 15 is 0 Å². The molecule has 1 aliphatic rings. The Balaban J connectivity index is 1.89. The van der Waals surface area contributed by atoms with Crippen molar-refractivity contribution in [2.45, 2.75) is 18.9 Å². The first-order valence-electron chi connectivity index (χ1n) is 6.00. The maximum Gasteiger partial charge on any atom is 0.224 e. The van der Waals surface area contributed by atoms with E-state index in [-0.39, 0.29) is 6.10 Å². The van der Waals surface area contributed by atoms with Gasteiger partial charge in [-0.15, -0.1) is 0 Å². The predicted molar refractivity (Wildman–Crippen MR) is 66.1 cm³/mol. The molecule has 4 heteroatoms. The Morgan fingerprint density at radius 1 is 1.24 bits per heavy atom. The van der Waals surface area contributed by atoms with Crippen LogP contribution in [0.4, 0.5) is 0 Å². The molecule has 0 saturated carbocycles. The van der Waals surface area contributed by atoms with Crippen LogP contribution in [0.1, 0.15) is 12.8 Å². The summed E-state index contributed by atoms with van der Waals surface area (Å²) in [6.45, 7) is 1.99. The molecule has 2 heterocycles. The van der Waals surface area contributed by atoms with E-state index in [1.54, 1.807) is 6.33 Å². The molecule has 0 radical (unpaired) electrons. The summed E-state index contributed by atoms with van der Waals surface area (Å²) in [4.78, 5) is 8.47. The summed E-state index contributed by atoms with van der Waals surface area (Å²) in [7, 11) is 0. The first-order valence-corrected chi connectivity index (χ1v) is 6.00. The lowest BCUT2D eigenvalue weighted by Gasteiger charge is -2.23. The lowest BCUT2D eigenvalue weighted by molar-refractivity contribution is 0.162. The summed E-state index contributed by atoms with van der Waals surface area (Å²) in [5.41, 5.74) is 0.932. The molecule has 88 valence electrons. The van der Waals surface area contributed by atoms with Crippen molar-refractivity contribution < 1.29 is 4.74 Å². The Morgan fingerprint density at radius 2 is 2.18 bits per heavy atom. The molecule has 1 aromatic carbocycles. The maximum atomic E-state index is 5.95. The average Bonchev–Trinajstić information content (AvgIpc) is 2.40. The van der Waals surface area contributed by atoms with Crippen LogP contribution in [-0.2, 0) is 0 Å². The maximum absolute atomic E-state index is 5.95. The van der Waals surface area contributed by atoms with Crippen molar-refractivity contribution in [2.75, 3.05) is 13.1 Å². The van der Waals surface area contributed by atoms with Crippen LogP contribution < -0.4 is 10.1 Å². The second-order valence-corrected chi connectivity index (χ2v) is 4.28. The highest BCUT2D eigenvalue weighted by molar-refractivity contribution is 5.82. The molecular weight excluding hydrogens is 214 g/mol. The first kappa shape index (κ1) is 10.5. The summed E-state index contributed by atoms with van der Waals surface area (Å²) in [6.07, 6.45) is 4.04. The second-order valence-electron chi connectivity index (χ2n) is 4.28. The molecule has 0 amide bonds. The molecular formula is C13H15N3O. The molecule has 2 aromatic rings. The van der Waals surface area contributed by atoms with Crippen LogP contribution in [0.2, 0.25) is 0 Å². The molecule has 4 nitrogen and oxygen atoms in total. The van der Waals surface area contributed by atoms with Gasteiger partial charge in [-0.2, -0.15) is 0 Å². The summed E-state index contributed by atoms with van der Waals surface area (Å²) < 4.78 is 5.95. The largest absolute Gasteiger partial charge is 0.472 e. The number of ether oxygens (including phenoxy) is 1. The highest BCUT2D eigenvalue weighted by Crippen LogP contribution is 2.22. The fourth-order valence-corrected chi connectivity index (χ4v) is 2.15. The highest BCUT2D eigenvalue weighted by atomic mass is 16.5. The summed E-state index contributed by atoms with van der Waals surface area (Å²) in [5, 5.41) is 4.32. The minimum absolute atomic E-state index is 0.224. The third kappa shape index (κ3) is 2.22. The molecule has 0 aliphatic carbocycles. The fourth-order valence-electron chi connectivity index (χ4n) is 2.15. The number of aromatic nitrogens is 2. The van der Waals surface area contributed by atoms with Crippen LogP contribution in [0, 0.1) is 0 Å². The zero-order valence-electron chi connectivity index (χ0n) is 9.60. The molecule has 1 unspecified atom stereocenters. The molecule has 1 N–H and O–H groups in total. The molecule has 1 aromatic heterocycles. The van der Waals surface area contributed by atoms with Crippen molar-refractivity contribution in [1.29, 1.82) is 0 Å². The summed E-state index contributed by atoms with van der Waals surface area (Å²) in [5.74, 6) is 0.698. The van der Waals surface area contributed by atoms with Gasteiger partial charge in [0.1, 0.15) is 12.4 Å². The Morgan fingerprint density at radius 3 is 3.06 bits per heavy atom. The van der Waals surface area contributed by atoms with Gasteiger partial charge in [-0.25, -0.2) is 9.97 Å². The van der Waals surface area contributed by atoms with Gasteiger partial charge in [-0.1, -0.05) is 12.1 Å². The SMILES string of the molecule is c1ccc2c(OC3CCCNC3)ncnc2c1. The van der Waals surface area contributed by atoms with Gasteiger partial charge in [0.25, 0.3) is 0 Å². The molecule has 1 saturated heterocycles. The van der Waals surface area contributed by atoms with E-state index in [0.29, 0.717) is 5.88 Å². The van der Waals surface area contributed by atoms with Gasteiger partial charge in [0.15, 0.2) is 0 Å². The Hall–Kier alpha value is -1.68. The van der Waals surface area contributed by atoms with Crippen LogP contribution in [0.15, 0.2) is 30.6 Å². The quantitative estimate of drug-likeness (QED) is 0.852. The Labute approximate surface area is 100 Å². The number of hydrogen-bond donors (Lipinski definition) is 1. The number of nitrogens with zero attached hydrogens (tertiary/aromatic N) is 2. The Bertz CT molecular complexity index is 503. The molecule has 0 spiro atoms. The van der Waals surface area contributed by atoms with E-state index in [4.69, 9.17) is 4.74 Å². The zero-order chi connectivity index (χ0) is 11.5. The van der Waals surface area contributed by atoms with E-state index in [0.717, 1.165) is 36.8 Å². The van der Waals surface area contributed by atoms with Crippen LogP contribution in [0.5, 0.6) is 5.88 Å². The highest BCUT2D eigenvalue weighted by Gasteiger charge is 2.16. The Kier molecular flexibility index (Phi) is 2.88. The number of fused-ring (bicyclic) bond motifs is 1. The van der Waals surface area contributed by atoms with E-state index in [1.165, 1.54) is 0 Å². The van der Waals surface area contributed by atoms with Gasteiger partial charge >= 0.3 is 0 Å². The van der Waals surface area contributed by atoms with Crippen LogP contribution in [-0.4, -0.2) is 29.2 Å². The smallest absolute Gasteiger partial charge is 0.224 e. The number of para-hydroxylation sites is 1. The predicted octanol–water partition coefficient (Wildman–Crippen LogP) is 1.76. The van der Waals surface area contributed by atoms with Crippen LogP contribution in [0.25, 0.3) is 10.9 Å². The molecule has 3 rings (SSSR count). The minimum atomic E-state index is 0.224. The number of nitrogens with one attached hydrogen (secondary N) is 1. The summed E-state index contributed by atoms with van der Waals surface area (Å²) >= 11 is 0. The van der Waals surface area contributed by atoms with Crippen molar-refractivity contribution >= 4 is 10.9 Å². The molecule has 1 fully saturated rings. The van der Waals surface area contributed by atoms with Gasteiger partial charge in [0.05, 0.1) is 10.9 Å². The normalized spacial score (nSPS) is 20.4. The topological polar surface area (TPSA) is 47.0 Å². The number of hydrogen-bond acceptors (Lipinski definition) is 4. The van der Waals surface area contributed by atoms with Gasteiger partial charge in [0, 0.05) is 6.54 Å². The van der Waals surface area contributed by atoms with Gasteiger partial charge in [-0.3, -0.25) is 0 Å². The third-order valence-corrected chi connectivity index (χ3v) is 3.04. The number of piperidine rings is 1. The van der Waals surface area contributed by atoms with Crippen molar-refractivity contribution in [1.82, 2.24) is 15.3 Å². The first-order chi connectivity index (χ1) is 8.43. The average molecular weight is 229 g/mol. The van der Waals surface area contributed by atoms with Crippen LogP contribution in [0.3, 0.4) is 0 Å². The standard InChI is InChI=1S/C13H15N3O/c1-2-6-12-11(5-1)13(16-9-15-12)17-10-4-3-7-14-8-10/h1-2,5-6,9-10,14H,3-4,7-8H2. The van der Waals surface area contributed by atoms with E-state index in [9.17, 15) is 0 Å². The van der Waals surface area contributed by atoms with Gasteiger partial charge < -0.3 is 10.1 Å². The minimum Gasteiger partial charge on any atom is -0.472 e. The van der Waals surface area contributed by atoms with E-state index in [2.05, 4.69) is 15.3 Å². The third-order valence-electron chi connectivity index (χ3n) is 3.04. The van der Waals surface area contributed by atoms with Crippen LogP contribution >= 0.6 is 0 Å². The van der Waals surface area contributed by atoms with E-state index in [1.807, 2.05) is 24.3 Å². The molecule has 1 atom stereocenters. The monoisotopic (exact) mass is 229 g/mol. The van der Waals surface area contributed by atoms with Crippen molar-refractivity contribution in [3.8, 4) is 5.88 Å². The van der Waals surface area contributed by atoms with E-state index < -0.39 is 0 Å². The molecule has 0 bridgehead atoms. The number of benzene rings is 1. The molecule has 1 aliphatic heterocycles. The lowest BCUT2D eigenvalue weighted by Crippen LogP contribution is -2.37. The fraction of sp³-hybridized carbons (Fsp3) is 0.385. The lowest BCUT2D eigenvalue weighted by atomic mass is 10.1. The van der Waals surface area contributed by atoms with Gasteiger partial charge in [0.2, 0.25) is 5.88 Å². The zero-order valence-corrected chi connectivity index (χ0v) is 9.60. The van der Waals surface area contributed by atoms with Crippen molar-refractivity contribution in [3.63, 3.8) is 0 Å². The molecule has 17 heavy (non-hydrogen) atoms. The summed E-state index contributed by atoms with van der Waals surface area (Å²) in [6, 6.07) is 7.93. The van der Waals surface area contributed by atoms with Gasteiger partial charge in [-0.05, 0) is 31.5 Å². The van der Waals surface area contributed by atoms with Crippen molar-refractivity contribution in [3.05, 3.63) is 30.6 Å². The van der Waals surface area contributed by atoms with Crippen molar-refractivity contribution in [2.24, 2.45) is 0 Å². The second kappa shape index (κ2) is 4.67.